The van der Waals surface area contributed by atoms with Crippen LogP contribution in [-0.2, 0) is 0 Å². The van der Waals surface area contributed by atoms with Crippen LogP contribution in [0.1, 0.15) is 5.56 Å². The van der Waals surface area contributed by atoms with Crippen molar-refractivity contribution in [2.75, 3.05) is 5.73 Å². The van der Waals surface area contributed by atoms with E-state index >= 15 is 0 Å². The lowest BCUT2D eigenvalue weighted by molar-refractivity contribution is 1.06. The Balaban J connectivity index is 2.12. The monoisotopic (exact) mass is 250 g/mol. The summed E-state index contributed by atoms with van der Waals surface area (Å²) >= 11 is 0. The molecule has 0 saturated carbocycles. The summed E-state index contributed by atoms with van der Waals surface area (Å²) in [4.78, 5) is 0. The van der Waals surface area contributed by atoms with Crippen molar-refractivity contribution in [1.82, 2.24) is 14.8 Å². The molecule has 1 aromatic heterocycles. The number of benzene rings is 2. The number of hydrogen-bond donors (Lipinski definition) is 1. The highest BCUT2D eigenvalue weighted by atomic mass is 15.3. The Bertz CT molecular complexity index is 701. The molecule has 4 nitrogen and oxygen atoms in total. The van der Waals surface area contributed by atoms with E-state index in [-0.39, 0.29) is 0 Å². The van der Waals surface area contributed by atoms with Gasteiger partial charge in [0, 0.05) is 16.9 Å². The molecule has 0 unspecified atom stereocenters. The van der Waals surface area contributed by atoms with Gasteiger partial charge in [-0.3, -0.25) is 4.57 Å². The number of nitrogens with two attached hydrogens (primary N) is 1. The van der Waals surface area contributed by atoms with E-state index in [0.29, 0.717) is 0 Å². The van der Waals surface area contributed by atoms with Gasteiger partial charge in [0.25, 0.3) is 0 Å². The number of aromatic nitrogens is 3. The normalized spacial score (nSPS) is 10.6. The first kappa shape index (κ1) is 11.5. The van der Waals surface area contributed by atoms with E-state index in [9.17, 15) is 0 Å². The molecule has 0 saturated heterocycles. The van der Waals surface area contributed by atoms with Gasteiger partial charge in [-0.15, -0.1) is 10.2 Å². The van der Waals surface area contributed by atoms with Gasteiger partial charge in [0.1, 0.15) is 6.33 Å². The van der Waals surface area contributed by atoms with Crippen molar-refractivity contribution in [1.29, 1.82) is 0 Å². The molecular formula is C15H14N4. The van der Waals surface area contributed by atoms with Crippen molar-refractivity contribution in [3.05, 3.63) is 60.4 Å². The summed E-state index contributed by atoms with van der Waals surface area (Å²) in [5.41, 5.74) is 9.78. The van der Waals surface area contributed by atoms with Gasteiger partial charge in [0.05, 0.1) is 0 Å². The highest BCUT2D eigenvalue weighted by molar-refractivity contribution is 5.65. The third-order valence-electron chi connectivity index (χ3n) is 3.12. The molecule has 0 aliphatic carbocycles. The van der Waals surface area contributed by atoms with E-state index in [1.807, 2.05) is 60.0 Å². The van der Waals surface area contributed by atoms with Crippen LogP contribution >= 0.6 is 0 Å². The zero-order valence-electron chi connectivity index (χ0n) is 10.6. The summed E-state index contributed by atoms with van der Waals surface area (Å²) in [7, 11) is 0. The van der Waals surface area contributed by atoms with Gasteiger partial charge in [0.2, 0.25) is 0 Å². The highest BCUT2D eigenvalue weighted by Gasteiger charge is 2.09. The van der Waals surface area contributed by atoms with Gasteiger partial charge in [-0.25, -0.2) is 0 Å². The van der Waals surface area contributed by atoms with Crippen LogP contribution in [-0.4, -0.2) is 14.8 Å². The number of nitrogens with zero attached hydrogens (tertiary/aromatic N) is 3. The molecule has 2 aromatic carbocycles. The Morgan fingerprint density at radius 1 is 1.05 bits per heavy atom. The zero-order chi connectivity index (χ0) is 13.2. The largest absolute Gasteiger partial charge is 0.398 e. The summed E-state index contributed by atoms with van der Waals surface area (Å²) in [5, 5.41) is 8.19. The molecule has 0 aliphatic rings. The number of aryl methyl sites for hydroxylation is 1. The van der Waals surface area contributed by atoms with Crippen LogP contribution in [0.4, 0.5) is 5.69 Å². The van der Waals surface area contributed by atoms with Gasteiger partial charge >= 0.3 is 0 Å². The maximum atomic E-state index is 5.96. The molecule has 2 N–H and O–H groups in total. The van der Waals surface area contributed by atoms with Crippen molar-refractivity contribution in [2.45, 2.75) is 6.92 Å². The molecule has 0 atom stereocenters. The molecule has 0 radical (unpaired) electrons. The molecular weight excluding hydrogens is 236 g/mol. The predicted molar refractivity (Wildman–Crippen MR) is 75.9 cm³/mol. The minimum atomic E-state index is 0.764. The number of nitrogen functional groups attached to an aromatic ring is 1. The lowest BCUT2D eigenvalue weighted by Crippen LogP contribution is -1.97. The first-order chi connectivity index (χ1) is 9.25. The minimum absolute atomic E-state index is 0.764. The summed E-state index contributed by atoms with van der Waals surface area (Å²) in [6.45, 7) is 1.99. The average molecular weight is 250 g/mol. The van der Waals surface area contributed by atoms with Crippen molar-refractivity contribution >= 4 is 5.69 Å². The standard InChI is InChI=1S/C15H14N4/c1-11-7-8-12(9-14(11)16)15-18-17-10-19(15)13-5-3-2-4-6-13/h2-10H,16H2,1H3. The van der Waals surface area contributed by atoms with Crippen LogP contribution in [0.3, 0.4) is 0 Å². The summed E-state index contributed by atoms with van der Waals surface area (Å²) < 4.78 is 1.95. The molecule has 3 aromatic rings. The molecule has 94 valence electrons. The van der Waals surface area contributed by atoms with Gasteiger partial charge in [-0.2, -0.15) is 0 Å². The summed E-state index contributed by atoms with van der Waals surface area (Å²) in [6, 6.07) is 15.9. The third-order valence-corrected chi connectivity index (χ3v) is 3.12. The van der Waals surface area contributed by atoms with Crippen LogP contribution in [0, 0.1) is 6.92 Å². The van der Waals surface area contributed by atoms with E-state index in [4.69, 9.17) is 5.73 Å². The second kappa shape index (κ2) is 4.57. The second-order valence-corrected chi connectivity index (χ2v) is 4.43. The summed E-state index contributed by atoms with van der Waals surface area (Å²) in [5.74, 6) is 0.790. The molecule has 0 amide bonds. The van der Waals surface area contributed by atoms with Crippen LogP contribution < -0.4 is 5.73 Å². The lowest BCUT2D eigenvalue weighted by Gasteiger charge is -2.08. The van der Waals surface area contributed by atoms with Gasteiger partial charge in [-0.1, -0.05) is 30.3 Å². The van der Waals surface area contributed by atoms with E-state index in [1.54, 1.807) is 6.33 Å². The average Bonchev–Trinajstić information content (AvgIpc) is 2.92. The molecule has 3 rings (SSSR count). The fourth-order valence-corrected chi connectivity index (χ4v) is 1.99. The number of para-hydroxylation sites is 1. The SMILES string of the molecule is Cc1ccc(-c2nncn2-c2ccccc2)cc1N. The first-order valence-electron chi connectivity index (χ1n) is 6.07. The maximum absolute atomic E-state index is 5.96. The molecule has 0 fully saturated rings. The van der Waals surface area contributed by atoms with Crippen LogP contribution in [0.15, 0.2) is 54.9 Å². The van der Waals surface area contributed by atoms with Crippen molar-refractivity contribution < 1.29 is 0 Å². The lowest BCUT2D eigenvalue weighted by atomic mass is 10.1. The number of rotatable bonds is 2. The molecule has 4 heteroatoms. The van der Waals surface area contributed by atoms with Crippen LogP contribution in [0.25, 0.3) is 17.1 Å². The maximum Gasteiger partial charge on any atom is 0.168 e. The Labute approximate surface area is 111 Å². The fourth-order valence-electron chi connectivity index (χ4n) is 1.99. The Hall–Kier alpha value is -2.62. The topological polar surface area (TPSA) is 56.7 Å². The Kier molecular flexibility index (Phi) is 2.76. The third kappa shape index (κ3) is 2.08. The van der Waals surface area contributed by atoms with E-state index in [0.717, 1.165) is 28.3 Å². The number of hydrogen-bond acceptors (Lipinski definition) is 3. The zero-order valence-corrected chi connectivity index (χ0v) is 10.6. The molecule has 1 heterocycles. The predicted octanol–water partition coefficient (Wildman–Crippen LogP) is 2.82. The highest BCUT2D eigenvalue weighted by Crippen LogP contribution is 2.24. The van der Waals surface area contributed by atoms with E-state index in [2.05, 4.69) is 10.2 Å². The number of anilines is 1. The molecule has 0 spiro atoms. The molecule has 19 heavy (non-hydrogen) atoms. The van der Waals surface area contributed by atoms with Crippen molar-refractivity contribution in [3.63, 3.8) is 0 Å². The van der Waals surface area contributed by atoms with E-state index < -0.39 is 0 Å². The molecule has 0 bridgehead atoms. The first-order valence-corrected chi connectivity index (χ1v) is 6.07. The van der Waals surface area contributed by atoms with Crippen LogP contribution in [0.5, 0.6) is 0 Å². The minimum Gasteiger partial charge on any atom is -0.398 e. The smallest absolute Gasteiger partial charge is 0.168 e. The van der Waals surface area contributed by atoms with Crippen molar-refractivity contribution in [3.8, 4) is 17.1 Å². The van der Waals surface area contributed by atoms with Gasteiger partial charge in [0.15, 0.2) is 5.82 Å². The Morgan fingerprint density at radius 3 is 2.58 bits per heavy atom. The van der Waals surface area contributed by atoms with Crippen molar-refractivity contribution in [2.24, 2.45) is 0 Å². The quantitative estimate of drug-likeness (QED) is 0.711. The molecule has 0 aliphatic heterocycles. The fraction of sp³-hybridized carbons (Fsp3) is 0.0667. The Morgan fingerprint density at radius 2 is 1.84 bits per heavy atom. The second-order valence-electron chi connectivity index (χ2n) is 4.43. The van der Waals surface area contributed by atoms with Gasteiger partial charge in [-0.05, 0) is 30.7 Å². The summed E-state index contributed by atoms with van der Waals surface area (Å²) in [6.07, 6.45) is 1.71. The van der Waals surface area contributed by atoms with Gasteiger partial charge < -0.3 is 5.73 Å². The van der Waals surface area contributed by atoms with E-state index in [1.165, 1.54) is 0 Å². The van der Waals surface area contributed by atoms with Crippen LogP contribution in [0.2, 0.25) is 0 Å².